The molecule has 4 nitrogen and oxygen atoms in total. The number of carbonyl (C=O) groups excluding carboxylic acids is 1. The van der Waals surface area contributed by atoms with Crippen LogP contribution in [-0.4, -0.2) is 36.1 Å². The van der Waals surface area contributed by atoms with Gasteiger partial charge in [0.05, 0.1) is 26.3 Å². The highest BCUT2D eigenvalue weighted by molar-refractivity contribution is 5.70. The highest BCUT2D eigenvalue weighted by atomic mass is 16.5. The van der Waals surface area contributed by atoms with Gasteiger partial charge in [0.15, 0.2) is 5.75 Å². The van der Waals surface area contributed by atoms with E-state index >= 15 is 0 Å². The number of hydrogen-bond acceptors (Lipinski definition) is 3. The van der Waals surface area contributed by atoms with Gasteiger partial charge in [0.25, 0.3) is 0 Å². The van der Waals surface area contributed by atoms with Crippen LogP contribution < -0.4 is 4.74 Å². The third kappa shape index (κ3) is 14.1. The van der Waals surface area contributed by atoms with Crippen molar-refractivity contribution in [2.75, 3.05) is 20.6 Å². The van der Waals surface area contributed by atoms with Gasteiger partial charge in [-0.15, -0.1) is 0 Å². The lowest BCUT2D eigenvalue weighted by Gasteiger charge is -2.30. The first-order valence-corrected chi connectivity index (χ1v) is 14.2. The summed E-state index contributed by atoms with van der Waals surface area (Å²) in [5.41, 5.74) is 2.99. The third-order valence-electron chi connectivity index (χ3n) is 7.03. The molecule has 1 heterocycles. The average Bonchev–Trinajstić information content (AvgIpc) is 2.78. The topological polar surface area (TPSA) is 39.2 Å². The monoisotopic (exact) mass is 475 g/mol. The van der Waals surface area contributed by atoms with Gasteiger partial charge in [0.2, 0.25) is 0 Å². The fraction of sp³-hybridized carbons (Fsp3) is 0.800. The first-order chi connectivity index (χ1) is 16.3. The second-order valence-corrected chi connectivity index (χ2v) is 11.0. The highest BCUT2D eigenvalue weighted by Gasteiger charge is 2.20. The van der Waals surface area contributed by atoms with E-state index in [-0.39, 0.29) is 5.97 Å². The number of pyridine rings is 1. The first-order valence-electron chi connectivity index (χ1n) is 14.2. The predicted octanol–water partition coefficient (Wildman–Crippen LogP) is 8.46. The van der Waals surface area contributed by atoms with Crippen molar-refractivity contribution in [2.45, 2.75) is 137 Å². The molecule has 4 heteroatoms. The molecule has 0 aliphatic carbocycles. The molecule has 0 fully saturated rings. The van der Waals surface area contributed by atoms with Crippen molar-refractivity contribution in [3.05, 3.63) is 23.0 Å². The van der Waals surface area contributed by atoms with Crippen LogP contribution in [0.25, 0.3) is 0 Å². The van der Waals surface area contributed by atoms with E-state index in [9.17, 15) is 4.79 Å². The summed E-state index contributed by atoms with van der Waals surface area (Å²) in [7, 11) is 4.58. The Morgan fingerprint density at radius 1 is 0.794 bits per heavy atom. The average molecular weight is 476 g/mol. The molecule has 0 bridgehead atoms. The second kappa shape index (κ2) is 17.9. The van der Waals surface area contributed by atoms with Gasteiger partial charge in [-0.1, -0.05) is 96.8 Å². The summed E-state index contributed by atoms with van der Waals surface area (Å²) in [5.74, 6) is 0.347. The van der Waals surface area contributed by atoms with E-state index in [1.54, 1.807) is 0 Å². The van der Waals surface area contributed by atoms with Gasteiger partial charge in [-0.3, -0.25) is 9.78 Å². The Hall–Kier alpha value is -1.42. The van der Waals surface area contributed by atoms with Gasteiger partial charge in [0, 0.05) is 24.2 Å². The lowest BCUT2D eigenvalue weighted by molar-refractivity contribution is -0.903. The van der Waals surface area contributed by atoms with E-state index in [1.165, 1.54) is 115 Å². The van der Waals surface area contributed by atoms with Crippen LogP contribution in [0.3, 0.4) is 0 Å². The van der Waals surface area contributed by atoms with Crippen LogP contribution in [0.2, 0.25) is 0 Å². The molecule has 196 valence electrons. The number of ether oxygens (including phenoxy) is 1. The molecule has 0 saturated carbocycles. The van der Waals surface area contributed by atoms with Gasteiger partial charge >= 0.3 is 5.97 Å². The molecular formula is C30H55N2O2+. The molecule has 0 radical (unpaired) electrons. The van der Waals surface area contributed by atoms with Gasteiger partial charge in [0.1, 0.15) is 6.54 Å². The highest BCUT2D eigenvalue weighted by Crippen LogP contribution is 2.26. The maximum Gasteiger partial charge on any atom is 0.308 e. The lowest BCUT2D eigenvalue weighted by atomic mass is 10.0. The summed E-state index contributed by atoms with van der Waals surface area (Å²) < 4.78 is 6.35. The molecule has 0 aliphatic rings. The van der Waals surface area contributed by atoms with Crippen LogP contribution in [0.5, 0.6) is 5.75 Å². The van der Waals surface area contributed by atoms with Crippen LogP contribution in [-0.2, 0) is 11.3 Å². The van der Waals surface area contributed by atoms with Crippen LogP contribution in [0.1, 0.15) is 133 Å². The zero-order chi connectivity index (χ0) is 25.2. The van der Waals surface area contributed by atoms with Crippen LogP contribution >= 0.6 is 0 Å². The minimum Gasteiger partial charge on any atom is -0.424 e. The van der Waals surface area contributed by atoms with Gasteiger partial charge in [-0.2, -0.15) is 0 Å². The zero-order valence-corrected chi connectivity index (χ0v) is 23.5. The Morgan fingerprint density at radius 2 is 1.24 bits per heavy atom. The number of rotatable bonds is 20. The SMILES string of the molecule is CCCCCCCCCCCCCCCCCC[N+](C)(C)Cc1cnc(C)c(OC(C)=O)c1C. The summed E-state index contributed by atoms with van der Waals surface area (Å²) >= 11 is 0. The number of hydrogen-bond donors (Lipinski definition) is 0. The fourth-order valence-corrected chi connectivity index (χ4v) is 4.83. The van der Waals surface area contributed by atoms with E-state index in [0.29, 0.717) is 5.75 Å². The Kier molecular flexibility index (Phi) is 16.1. The minimum absolute atomic E-state index is 0.285. The number of nitrogens with zero attached hydrogens (tertiary/aromatic N) is 2. The minimum atomic E-state index is -0.285. The summed E-state index contributed by atoms with van der Waals surface area (Å²) in [6.07, 6.45) is 24.4. The maximum absolute atomic E-state index is 11.4. The van der Waals surface area contributed by atoms with Crippen molar-refractivity contribution in [1.29, 1.82) is 0 Å². The summed E-state index contributed by atoms with van der Waals surface area (Å²) in [4.78, 5) is 15.9. The summed E-state index contributed by atoms with van der Waals surface area (Å²) in [6, 6.07) is 0. The van der Waals surface area contributed by atoms with Gasteiger partial charge < -0.3 is 9.22 Å². The number of aromatic nitrogens is 1. The maximum atomic E-state index is 11.4. The fourth-order valence-electron chi connectivity index (χ4n) is 4.83. The van der Waals surface area contributed by atoms with Crippen molar-refractivity contribution >= 4 is 5.97 Å². The molecule has 0 atom stereocenters. The van der Waals surface area contributed by atoms with Crippen LogP contribution in [0, 0.1) is 13.8 Å². The molecule has 0 unspecified atom stereocenters. The molecule has 1 aromatic rings. The van der Waals surface area contributed by atoms with E-state index < -0.39 is 0 Å². The largest absolute Gasteiger partial charge is 0.424 e. The summed E-state index contributed by atoms with van der Waals surface area (Å²) in [6.45, 7) is 9.74. The second-order valence-electron chi connectivity index (χ2n) is 11.0. The van der Waals surface area contributed by atoms with Crippen molar-refractivity contribution in [2.24, 2.45) is 0 Å². The van der Waals surface area contributed by atoms with Crippen molar-refractivity contribution in [3.8, 4) is 5.75 Å². The summed E-state index contributed by atoms with van der Waals surface area (Å²) in [5, 5.41) is 0. The number of aryl methyl sites for hydroxylation is 1. The van der Waals surface area contributed by atoms with Crippen LogP contribution in [0.15, 0.2) is 6.20 Å². The molecule has 0 saturated heterocycles. The van der Waals surface area contributed by atoms with Crippen molar-refractivity contribution in [3.63, 3.8) is 0 Å². The molecule has 0 amide bonds. The van der Waals surface area contributed by atoms with Gasteiger partial charge in [-0.05, 0) is 26.7 Å². The van der Waals surface area contributed by atoms with E-state index in [2.05, 4.69) is 26.0 Å². The zero-order valence-electron chi connectivity index (χ0n) is 23.5. The van der Waals surface area contributed by atoms with Gasteiger partial charge in [-0.25, -0.2) is 0 Å². The molecule has 1 aromatic heterocycles. The lowest BCUT2D eigenvalue weighted by Crippen LogP contribution is -2.39. The Labute approximate surface area is 211 Å². The Morgan fingerprint density at radius 3 is 1.68 bits per heavy atom. The number of quaternary nitrogens is 1. The van der Waals surface area contributed by atoms with Crippen LogP contribution in [0.4, 0.5) is 0 Å². The number of carbonyl (C=O) groups is 1. The van der Waals surface area contributed by atoms with E-state index in [1.807, 2.05) is 20.0 Å². The Balaban J connectivity index is 2.10. The smallest absolute Gasteiger partial charge is 0.308 e. The van der Waals surface area contributed by atoms with Crippen molar-refractivity contribution in [1.82, 2.24) is 4.98 Å². The number of unbranched alkanes of at least 4 members (excludes halogenated alkanes) is 15. The quantitative estimate of drug-likeness (QED) is 0.108. The normalized spacial score (nSPS) is 11.7. The van der Waals surface area contributed by atoms with E-state index in [4.69, 9.17) is 4.74 Å². The molecule has 34 heavy (non-hydrogen) atoms. The van der Waals surface area contributed by atoms with Crippen molar-refractivity contribution < 1.29 is 14.0 Å². The molecule has 0 N–H and O–H groups in total. The predicted molar refractivity (Wildman–Crippen MR) is 145 cm³/mol. The van der Waals surface area contributed by atoms with E-state index in [0.717, 1.165) is 28.8 Å². The molecular weight excluding hydrogens is 420 g/mol. The third-order valence-corrected chi connectivity index (χ3v) is 7.03. The molecule has 0 spiro atoms. The Bertz CT molecular complexity index is 685. The number of esters is 1. The molecule has 0 aliphatic heterocycles. The standard InChI is InChI=1S/C30H55N2O2/c1-7-8-9-10-11-12-13-14-15-16-17-18-19-20-21-22-23-32(5,6)25-29-24-31-27(3)30(26(29)2)34-28(4)33/h24H,7-23,25H2,1-6H3/q+1. The molecule has 1 rings (SSSR count). The first kappa shape index (κ1) is 30.6. The molecule has 0 aromatic carbocycles.